The van der Waals surface area contributed by atoms with Crippen LogP contribution in [-0.2, 0) is 0 Å². The zero-order valence-electron chi connectivity index (χ0n) is 12.4. The lowest BCUT2D eigenvalue weighted by molar-refractivity contribution is 0.421. The second-order valence-electron chi connectivity index (χ2n) is 5.98. The zero-order valence-corrected chi connectivity index (χ0v) is 12.4. The Bertz CT molecular complexity index is 555. The van der Waals surface area contributed by atoms with E-state index in [-0.39, 0.29) is 0 Å². The minimum Gasteiger partial charge on any atom is -0.314 e. The van der Waals surface area contributed by atoms with Crippen molar-refractivity contribution in [1.82, 2.24) is 5.32 Å². The van der Waals surface area contributed by atoms with E-state index in [9.17, 15) is 0 Å². The van der Waals surface area contributed by atoms with E-state index in [1.165, 1.54) is 42.9 Å². The van der Waals surface area contributed by atoms with E-state index in [0.29, 0.717) is 12.0 Å². The molecule has 20 heavy (non-hydrogen) atoms. The predicted octanol–water partition coefficient (Wildman–Crippen LogP) is 4.87. The highest BCUT2D eigenvalue weighted by Gasteiger charge is 2.25. The van der Waals surface area contributed by atoms with Crippen LogP contribution in [0.2, 0.25) is 0 Å². The van der Waals surface area contributed by atoms with Gasteiger partial charge in [-0.25, -0.2) is 0 Å². The lowest BCUT2D eigenvalue weighted by atomic mass is 9.84. The smallest absolute Gasteiger partial charge is 0.0136 e. The van der Waals surface area contributed by atoms with Gasteiger partial charge in [-0.2, -0.15) is 0 Å². The zero-order chi connectivity index (χ0) is 13.8. The van der Waals surface area contributed by atoms with Crippen molar-refractivity contribution in [2.24, 2.45) is 0 Å². The Morgan fingerprint density at radius 2 is 1.75 bits per heavy atom. The molecule has 1 nitrogen and oxygen atoms in total. The minimum absolute atomic E-state index is 0.647. The molecule has 1 N–H and O–H groups in total. The number of rotatable bonds is 3. The summed E-state index contributed by atoms with van der Waals surface area (Å²) in [5, 5.41) is 6.57. The molecule has 1 heteroatoms. The summed E-state index contributed by atoms with van der Waals surface area (Å²) in [6.07, 6.45) is 6.78. The maximum Gasteiger partial charge on any atom is 0.0136 e. The molecule has 0 aromatic heterocycles. The molecule has 0 amide bonds. The molecule has 0 saturated heterocycles. The number of benzene rings is 2. The third kappa shape index (κ3) is 2.73. The number of fused-ring (bicyclic) bond motifs is 1. The molecule has 106 valence electrons. The molecule has 2 aromatic carbocycles. The number of hydrogen-bond acceptors (Lipinski definition) is 1. The molecule has 0 radical (unpaired) electrons. The van der Waals surface area contributed by atoms with E-state index in [4.69, 9.17) is 0 Å². The van der Waals surface area contributed by atoms with E-state index in [1.54, 1.807) is 5.56 Å². The summed E-state index contributed by atoms with van der Waals surface area (Å²) >= 11 is 0. The van der Waals surface area contributed by atoms with Crippen LogP contribution in [0.15, 0.2) is 42.5 Å². The van der Waals surface area contributed by atoms with Crippen molar-refractivity contribution in [3.05, 3.63) is 48.0 Å². The molecule has 1 aliphatic carbocycles. The summed E-state index contributed by atoms with van der Waals surface area (Å²) in [6, 6.07) is 16.3. The molecule has 0 aliphatic heterocycles. The van der Waals surface area contributed by atoms with Crippen molar-refractivity contribution >= 4 is 10.8 Å². The lowest BCUT2D eigenvalue weighted by Gasteiger charge is -2.27. The maximum absolute atomic E-state index is 3.74. The van der Waals surface area contributed by atoms with Crippen LogP contribution in [0.4, 0.5) is 0 Å². The quantitative estimate of drug-likeness (QED) is 0.783. The van der Waals surface area contributed by atoms with Crippen LogP contribution in [-0.4, -0.2) is 12.6 Å². The fourth-order valence-corrected chi connectivity index (χ4v) is 3.76. The first-order valence-electron chi connectivity index (χ1n) is 8.11. The van der Waals surface area contributed by atoms with Crippen molar-refractivity contribution in [2.75, 3.05) is 6.54 Å². The molecular formula is C19H25N. The summed E-state index contributed by atoms with van der Waals surface area (Å²) in [5.74, 6) is 0.670. The molecule has 0 spiro atoms. The minimum atomic E-state index is 0.647. The first-order valence-corrected chi connectivity index (χ1v) is 8.11. The van der Waals surface area contributed by atoms with Gasteiger partial charge in [-0.3, -0.25) is 0 Å². The lowest BCUT2D eigenvalue weighted by Crippen LogP contribution is -2.34. The standard InChI is InChI=1S/C19H25N/c1-2-20-19-14-5-3-4-12-18(19)17-13-8-10-15-9-6-7-11-16(15)17/h6-11,13,18-20H,2-5,12,14H2,1H3. The fourth-order valence-electron chi connectivity index (χ4n) is 3.76. The van der Waals surface area contributed by atoms with Crippen LogP contribution in [0, 0.1) is 0 Å². The summed E-state index contributed by atoms with van der Waals surface area (Å²) in [4.78, 5) is 0. The molecule has 1 fully saturated rings. The average Bonchev–Trinajstić information content (AvgIpc) is 2.73. The summed E-state index contributed by atoms with van der Waals surface area (Å²) in [7, 11) is 0. The van der Waals surface area contributed by atoms with Gasteiger partial charge in [0.25, 0.3) is 0 Å². The van der Waals surface area contributed by atoms with Crippen molar-refractivity contribution < 1.29 is 0 Å². The van der Waals surface area contributed by atoms with Gasteiger partial charge in [0.15, 0.2) is 0 Å². The van der Waals surface area contributed by atoms with Gasteiger partial charge in [-0.05, 0) is 41.6 Å². The first-order chi connectivity index (χ1) is 9.90. The Morgan fingerprint density at radius 3 is 2.65 bits per heavy atom. The predicted molar refractivity (Wildman–Crippen MR) is 87.2 cm³/mol. The van der Waals surface area contributed by atoms with Crippen LogP contribution in [0.5, 0.6) is 0 Å². The van der Waals surface area contributed by atoms with Crippen molar-refractivity contribution in [3.63, 3.8) is 0 Å². The van der Waals surface area contributed by atoms with Gasteiger partial charge in [0.05, 0.1) is 0 Å². The molecule has 1 aliphatic rings. The molecule has 2 aromatic rings. The van der Waals surface area contributed by atoms with Crippen molar-refractivity contribution in [1.29, 1.82) is 0 Å². The average molecular weight is 267 g/mol. The highest BCUT2D eigenvalue weighted by atomic mass is 14.9. The van der Waals surface area contributed by atoms with Gasteiger partial charge in [0.2, 0.25) is 0 Å². The molecule has 0 heterocycles. The third-order valence-corrected chi connectivity index (χ3v) is 4.71. The summed E-state index contributed by atoms with van der Waals surface area (Å²) in [6.45, 7) is 3.30. The van der Waals surface area contributed by atoms with Crippen LogP contribution in [0.25, 0.3) is 10.8 Å². The third-order valence-electron chi connectivity index (χ3n) is 4.71. The molecule has 3 rings (SSSR count). The highest BCUT2D eigenvalue weighted by molar-refractivity contribution is 5.86. The molecular weight excluding hydrogens is 242 g/mol. The van der Waals surface area contributed by atoms with Gasteiger partial charge in [0, 0.05) is 6.04 Å². The van der Waals surface area contributed by atoms with E-state index in [0.717, 1.165) is 6.54 Å². The SMILES string of the molecule is CCNC1CCCCCC1c1cccc2ccccc12. The van der Waals surface area contributed by atoms with Crippen LogP contribution in [0.3, 0.4) is 0 Å². The number of likely N-dealkylation sites (N-methyl/N-ethyl adjacent to an activating group) is 1. The van der Waals surface area contributed by atoms with Gasteiger partial charge in [-0.1, -0.05) is 68.7 Å². The highest BCUT2D eigenvalue weighted by Crippen LogP contribution is 2.35. The van der Waals surface area contributed by atoms with Gasteiger partial charge >= 0.3 is 0 Å². The topological polar surface area (TPSA) is 12.0 Å². The fraction of sp³-hybridized carbons (Fsp3) is 0.474. The maximum atomic E-state index is 3.74. The van der Waals surface area contributed by atoms with Crippen LogP contribution in [0.1, 0.15) is 50.5 Å². The van der Waals surface area contributed by atoms with Crippen molar-refractivity contribution in [2.45, 2.75) is 51.0 Å². The number of nitrogens with one attached hydrogen (secondary N) is 1. The van der Waals surface area contributed by atoms with E-state index < -0.39 is 0 Å². The largest absolute Gasteiger partial charge is 0.314 e. The van der Waals surface area contributed by atoms with Gasteiger partial charge in [0.1, 0.15) is 0 Å². The Kier molecular flexibility index (Phi) is 4.37. The normalized spacial score (nSPS) is 23.6. The van der Waals surface area contributed by atoms with E-state index >= 15 is 0 Å². The van der Waals surface area contributed by atoms with Gasteiger partial charge < -0.3 is 5.32 Å². The van der Waals surface area contributed by atoms with E-state index in [2.05, 4.69) is 54.7 Å². The van der Waals surface area contributed by atoms with Gasteiger partial charge in [-0.15, -0.1) is 0 Å². The van der Waals surface area contributed by atoms with Crippen molar-refractivity contribution in [3.8, 4) is 0 Å². The Labute approximate surface area is 122 Å². The molecule has 2 unspecified atom stereocenters. The first kappa shape index (κ1) is 13.6. The Hall–Kier alpha value is -1.34. The monoisotopic (exact) mass is 267 g/mol. The second-order valence-corrected chi connectivity index (χ2v) is 5.98. The molecule has 1 saturated carbocycles. The van der Waals surface area contributed by atoms with Crippen LogP contribution >= 0.6 is 0 Å². The van der Waals surface area contributed by atoms with E-state index in [1.807, 2.05) is 0 Å². The molecule has 2 atom stereocenters. The summed E-state index contributed by atoms with van der Waals surface area (Å²) < 4.78 is 0. The molecule has 0 bridgehead atoms. The Morgan fingerprint density at radius 1 is 0.950 bits per heavy atom. The number of hydrogen-bond donors (Lipinski definition) is 1. The van der Waals surface area contributed by atoms with Crippen LogP contribution < -0.4 is 5.32 Å². The summed E-state index contributed by atoms with van der Waals surface area (Å²) in [5.41, 5.74) is 1.55. The Balaban J connectivity index is 2.02. The second kappa shape index (κ2) is 6.41.